The van der Waals surface area contributed by atoms with Crippen molar-refractivity contribution in [3.63, 3.8) is 0 Å². The third-order valence-corrected chi connectivity index (χ3v) is 3.81. The molecule has 0 amide bonds. The van der Waals surface area contributed by atoms with Gasteiger partial charge in [-0.1, -0.05) is 50.6 Å². The van der Waals surface area contributed by atoms with E-state index in [4.69, 9.17) is 0 Å². The van der Waals surface area contributed by atoms with Crippen LogP contribution >= 0.6 is 0 Å². The van der Waals surface area contributed by atoms with Crippen LogP contribution in [0.15, 0.2) is 30.3 Å². The van der Waals surface area contributed by atoms with Crippen molar-refractivity contribution < 1.29 is 0 Å². The molecule has 0 radical (unpaired) electrons. The molecule has 0 saturated carbocycles. The molecule has 1 saturated heterocycles. The molecule has 2 unspecified atom stereocenters. The molecule has 0 aromatic heterocycles. The Labute approximate surface area is 99.5 Å². The molecule has 2 rings (SSSR count). The van der Waals surface area contributed by atoms with Gasteiger partial charge in [0.2, 0.25) is 0 Å². The van der Waals surface area contributed by atoms with Gasteiger partial charge in [0, 0.05) is 12.6 Å². The van der Waals surface area contributed by atoms with Crippen molar-refractivity contribution in [2.24, 2.45) is 5.92 Å². The van der Waals surface area contributed by atoms with Crippen molar-refractivity contribution in [2.75, 3.05) is 6.54 Å². The third kappa shape index (κ3) is 2.65. The highest BCUT2D eigenvalue weighted by atomic mass is 15.2. The van der Waals surface area contributed by atoms with Gasteiger partial charge in [0.25, 0.3) is 0 Å². The average Bonchev–Trinajstić information content (AvgIpc) is 2.64. The van der Waals surface area contributed by atoms with Crippen LogP contribution in [0.3, 0.4) is 0 Å². The summed E-state index contributed by atoms with van der Waals surface area (Å²) in [5.41, 5.74) is 1.46. The molecule has 0 bridgehead atoms. The second-order valence-electron chi connectivity index (χ2n) is 5.08. The van der Waals surface area contributed by atoms with E-state index < -0.39 is 0 Å². The maximum Gasteiger partial charge on any atom is 0.0236 e. The van der Waals surface area contributed by atoms with E-state index in [1.54, 1.807) is 0 Å². The fourth-order valence-electron chi connectivity index (χ4n) is 2.86. The van der Waals surface area contributed by atoms with Crippen molar-refractivity contribution >= 4 is 0 Å². The van der Waals surface area contributed by atoms with Crippen molar-refractivity contribution in [3.8, 4) is 0 Å². The lowest BCUT2D eigenvalue weighted by atomic mass is 9.98. The first-order valence-corrected chi connectivity index (χ1v) is 6.59. The van der Waals surface area contributed by atoms with Crippen molar-refractivity contribution in [1.29, 1.82) is 0 Å². The predicted molar refractivity (Wildman–Crippen MR) is 69.3 cm³/mol. The SMILES string of the molecule is CCCC1C(C)CCN1Cc1ccccc1. The topological polar surface area (TPSA) is 3.24 Å². The molecule has 1 aliphatic heterocycles. The summed E-state index contributed by atoms with van der Waals surface area (Å²) < 4.78 is 0. The lowest BCUT2D eigenvalue weighted by molar-refractivity contribution is 0.210. The number of benzene rings is 1. The van der Waals surface area contributed by atoms with Crippen LogP contribution in [0.25, 0.3) is 0 Å². The van der Waals surface area contributed by atoms with Crippen LogP contribution in [0.5, 0.6) is 0 Å². The smallest absolute Gasteiger partial charge is 0.0236 e. The zero-order valence-corrected chi connectivity index (χ0v) is 10.5. The molecule has 0 N–H and O–H groups in total. The first-order valence-electron chi connectivity index (χ1n) is 6.59. The zero-order chi connectivity index (χ0) is 11.4. The largest absolute Gasteiger partial charge is 0.296 e. The first-order chi connectivity index (χ1) is 7.81. The van der Waals surface area contributed by atoms with Gasteiger partial charge < -0.3 is 0 Å². The van der Waals surface area contributed by atoms with Crippen LogP contribution in [0.4, 0.5) is 0 Å². The minimum absolute atomic E-state index is 0.810. The molecule has 1 heterocycles. The van der Waals surface area contributed by atoms with Crippen LogP contribution in [-0.4, -0.2) is 17.5 Å². The summed E-state index contributed by atoms with van der Waals surface area (Å²) in [5, 5.41) is 0. The summed E-state index contributed by atoms with van der Waals surface area (Å²) >= 11 is 0. The standard InChI is InChI=1S/C15H23N/c1-3-7-15-13(2)10-11-16(15)12-14-8-5-4-6-9-14/h4-6,8-9,13,15H,3,7,10-12H2,1-2H3. The second kappa shape index (κ2) is 5.49. The maximum absolute atomic E-state index is 2.67. The van der Waals surface area contributed by atoms with Crippen molar-refractivity contribution in [1.82, 2.24) is 4.90 Å². The molecule has 1 aromatic carbocycles. The Kier molecular flexibility index (Phi) is 4.00. The fraction of sp³-hybridized carbons (Fsp3) is 0.600. The molecular weight excluding hydrogens is 194 g/mol. The highest BCUT2D eigenvalue weighted by molar-refractivity contribution is 5.14. The molecule has 1 aromatic rings. The minimum Gasteiger partial charge on any atom is -0.296 e. The van der Waals surface area contributed by atoms with Gasteiger partial charge in [-0.25, -0.2) is 0 Å². The molecule has 1 heteroatoms. The molecule has 1 fully saturated rings. The normalized spacial score (nSPS) is 26.1. The molecule has 0 spiro atoms. The van der Waals surface area contributed by atoms with E-state index in [2.05, 4.69) is 49.1 Å². The molecule has 2 atom stereocenters. The zero-order valence-electron chi connectivity index (χ0n) is 10.5. The van der Waals surface area contributed by atoms with Gasteiger partial charge in [0.05, 0.1) is 0 Å². The van der Waals surface area contributed by atoms with E-state index in [1.807, 2.05) is 0 Å². The Morgan fingerprint density at radius 1 is 1.25 bits per heavy atom. The quantitative estimate of drug-likeness (QED) is 0.743. The van der Waals surface area contributed by atoms with Gasteiger partial charge in [-0.15, -0.1) is 0 Å². The summed E-state index contributed by atoms with van der Waals surface area (Å²) in [6.45, 7) is 7.12. The Balaban J connectivity index is 1.99. The highest BCUT2D eigenvalue weighted by Crippen LogP contribution is 2.28. The van der Waals surface area contributed by atoms with Crippen LogP contribution in [-0.2, 0) is 6.54 Å². The number of likely N-dealkylation sites (tertiary alicyclic amines) is 1. The molecule has 0 aliphatic carbocycles. The second-order valence-corrected chi connectivity index (χ2v) is 5.08. The Morgan fingerprint density at radius 3 is 2.69 bits per heavy atom. The van der Waals surface area contributed by atoms with Crippen molar-refractivity contribution in [3.05, 3.63) is 35.9 Å². The summed E-state index contributed by atoms with van der Waals surface area (Å²) in [7, 11) is 0. The summed E-state index contributed by atoms with van der Waals surface area (Å²) in [6.07, 6.45) is 4.03. The summed E-state index contributed by atoms with van der Waals surface area (Å²) in [4.78, 5) is 2.67. The van der Waals surface area contributed by atoms with Gasteiger partial charge in [0.15, 0.2) is 0 Å². The Hall–Kier alpha value is -0.820. The van der Waals surface area contributed by atoms with E-state index >= 15 is 0 Å². The highest BCUT2D eigenvalue weighted by Gasteiger charge is 2.29. The number of hydrogen-bond donors (Lipinski definition) is 0. The molecule has 1 nitrogen and oxygen atoms in total. The summed E-state index contributed by atoms with van der Waals surface area (Å²) in [6, 6.07) is 11.7. The van der Waals surface area contributed by atoms with Crippen LogP contribution in [0, 0.1) is 5.92 Å². The van der Waals surface area contributed by atoms with E-state index in [9.17, 15) is 0 Å². The van der Waals surface area contributed by atoms with Crippen LogP contribution in [0.2, 0.25) is 0 Å². The Bertz CT molecular complexity index is 306. The van der Waals surface area contributed by atoms with E-state index in [0.717, 1.165) is 18.5 Å². The molecule has 88 valence electrons. The average molecular weight is 217 g/mol. The van der Waals surface area contributed by atoms with Crippen molar-refractivity contribution in [2.45, 2.75) is 45.7 Å². The molecular formula is C15H23N. The number of nitrogens with zero attached hydrogens (tertiary/aromatic N) is 1. The van der Waals surface area contributed by atoms with Gasteiger partial charge in [-0.3, -0.25) is 4.90 Å². The van der Waals surface area contributed by atoms with E-state index in [-0.39, 0.29) is 0 Å². The van der Waals surface area contributed by atoms with Gasteiger partial charge >= 0.3 is 0 Å². The van der Waals surface area contributed by atoms with Gasteiger partial charge in [-0.05, 0) is 30.9 Å². The predicted octanol–water partition coefficient (Wildman–Crippen LogP) is 3.70. The molecule has 1 aliphatic rings. The van der Waals surface area contributed by atoms with Gasteiger partial charge in [-0.2, -0.15) is 0 Å². The summed E-state index contributed by atoms with van der Waals surface area (Å²) in [5.74, 6) is 0.878. The lowest BCUT2D eigenvalue weighted by Crippen LogP contribution is -2.31. The molecule has 16 heavy (non-hydrogen) atoms. The Morgan fingerprint density at radius 2 is 2.00 bits per heavy atom. The maximum atomic E-state index is 2.67. The number of rotatable bonds is 4. The van der Waals surface area contributed by atoms with Crippen LogP contribution in [0.1, 0.15) is 38.7 Å². The fourth-order valence-corrected chi connectivity index (χ4v) is 2.86. The third-order valence-electron chi connectivity index (χ3n) is 3.81. The monoisotopic (exact) mass is 217 g/mol. The van der Waals surface area contributed by atoms with Crippen LogP contribution < -0.4 is 0 Å². The van der Waals surface area contributed by atoms with E-state index in [0.29, 0.717) is 0 Å². The van der Waals surface area contributed by atoms with Gasteiger partial charge in [0.1, 0.15) is 0 Å². The number of hydrogen-bond acceptors (Lipinski definition) is 1. The van der Waals surface area contributed by atoms with E-state index in [1.165, 1.54) is 31.4 Å². The minimum atomic E-state index is 0.810. The lowest BCUT2D eigenvalue weighted by Gasteiger charge is -2.26. The first kappa shape index (κ1) is 11.7.